The summed E-state index contributed by atoms with van der Waals surface area (Å²) in [7, 11) is 0. The molecule has 0 aliphatic carbocycles. The van der Waals surface area contributed by atoms with Crippen molar-refractivity contribution in [2.75, 3.05) is 11.4 Å². The molecule has 0 aliphatic heterocycles. The number of carbonyl (C=O) groups excluding carboxylic acids is 1. The molecule has 4 heteroatoms. The van der Waals surface area contributed by atoms with Crippen LogP contribution in [0.1, 0.15) is 16.8 Å². The van der Waals surface area contributed by atoms with Crippen LogP contribution in [-0.2, 0) is 0 Å². The number of nitriles is 1. The molecule has 0 bridgehead atoms. The summed E-state index contributed by atoms with van der Waals surface area (Å²) in [5.41, 5.74) is 2.37. The average Bonchev–Trinajstić information content (AvgIpc) is 2.49. The molecule has 2 rings (SSSR count). The zero-order valence-electron chi connectivity index (χ0n) is 10.8. The molecule has 0 N–H and O–H groups in total. The Hall–Kier alpha value is -2.12. The van der Waals surface area contributed by atoms with Crippen molar-refractivity contribution in [2.24, 2.45) is 0 Å². The number of nitrogens with zero attached hydrogens (tertiary/aromatic N) is 2. The number of carbonyl (C=O) groups is 1. The van der Waals surface area contributed by atoms with Gasteiger partial charge in [0.1, 0.15) is 0 Å². The smallest absolute Gasteiger partial charge is 0.152 e. The van der Waals surface area contributed by atoms with Crippen LogP contribution in [0.4, 0.5) is 11.4 Å². The molecule has 0 aromatic heterocycles. The van der Waals surface area contributed by atoms with Crippen molar-refractivity contribution in [2.45, 2.75) is 6.42 Å². The van der Waals surface area contributed by atoms with E-state index in [4.69, 9.17) is 5.26 Å². The molecule has 0 saturated carbocycles. The van der Waals surface area contributed by atoms with Crippen molar-refractivity contribution in [3.8, 4) is 6.07 Å². The van der Waals surface area contributed by atoms with E-state index in [9.17, 15) is 4.79 Å². The molecule has 0 amide bonds. The summed E-state index contributed by atoms with van der Waals surface area (Å²) in [6.45, 7) is 0.539. The van der Waals surface area contributed by atoms with Gasteiger partial charge in [-0.05, 0) is 30.3 Å². The van der Waals surface area contributed by atoms with E-state index in [1.165, 1.54) is 0 Å². The topological polar surface area (TPSA) is 44.1 Å². The lowest BCUT2D eigenvalue weighted by atomic mass is 10.1. The van der Waals surface area contributed by atoms with E-state index in [1.807, 2.05) is 47.4 Å². The van der Waals surface area contributed by atoms with Gasteiger partial charge in [0.2, 0.25) is 0 Å². The first-order chi connectivity index (χ1) is 9.76. The van der Waals surface area contributed by atoms with Gasteiger partial charge in [-0.15, -0.1) is 0 Å². The van der Waals surface area contributed by atoms with Gasteiger partial charge in [-0.25, -0.2) is 0 Å². The predicted octanol–water partition coefficient (Wildman–Crippen LogP) is 4.31. The summed E-state index contributed by atoms with van der Waals surface area (Å²) < 4.78 is 0.899. The minimum Gasteiger partial charge on any atom is -0.340 e. The van der Waals surface area contributed by atoms with E-state index in [-0.39, 0.29) is 0 Å². The van der Waals surface area contributed by atoms with Gasteiger partial charge in [0.05, 0.1) is 18.2 Å². The minimum absolute atomic E-state index is 0.389. The van der Waals surface area contributed by atoms with Gasteiger partial charge in [-0.1, -0.05) is 34.1 Å². The molecule has 0 atom stereocenters. The second-order valence-electron chi connectivity index (χ2n) is 4.22. The SMILES string of the molecule is N#CCCN(c1ccccc1)c1cc(Br)ccc1C=O. The molecule has 0 fully saturated rings. The standard InChI is InChI=1S/C16H13BrN2O/c17-14-8-7-13(12-20)16(11-14)19(10-4-9-18)15-5-2-1-3-6-15/h1-3,5-8,11-12H,4,10H2. The Morgan fingerprint density at radius 2 is 1.95 bits per heavy atom. The van der Waals surface area contributed by atoms with Gasteiger partial charge in [0.25, 0.3) is 0 Å². The van der Waals surface area contributed by atoms with Gasteiger partial charge in [0, 0.05) is 22.3 Å². The number of para-hydroxylation sites is 1. The summed E-state index contributed by atoms with van der Waals surface area (Å²) in [6.07, 6.45) is 1.23. The van der Waals surface area contributed by atoms with Crippen molar-refractivity contribution in [3.63, 3.8) is 0 Å². The van der Waals surface area contributed by atoms with E-state index in [0.717, 1.165) is 22.1 Å². The Morgan fingerprint density at radius 3 is 2.60 bits per heavy atom. The van der Waals surface area contributed by atoms with Crippen LogP contribution in [-0.4, -0.2) is 12.8 Å². The maximum Gasteiger partial charge on any atom is 0.152 e. The third-order valence-electron chi connectivity index (χ3n) is 2.93. The lowest BCUT2D eigenvalue weighted by molar-refractivity contribution is 0.112. The molecule has 2 aromatic rings. The van der Waals surface area contributed by atoms with Crippen LogP contribution in [0.2, 0.25) is 0 Å². The van der Waals surface area contributed by atoms with E-state index in [2.05, 4.69) is 22.0 Å². The molecule has 0 radical (unpaired) electrons. The lowest BCUT2D eigenvalue weighted by Crippen LogP contribution is -2.19. The number of benzene rings is 2. The summed E-state index contributed by atoms with van der Waals surface area (Å²) in [5.74, 6) is 0. The van der Waals surface area contributed by atoms with Gasteiger partial charge in [-0.3, -0.25) is 4.79 Å². The highest BCUT2D eigenvalue weighted by Crippen LogP contribution is 2.30. The monoisotopic (exact) mass is 328 g/mol. The molecule has 3 nitrogen and oxygen atoms in total. The Balaban J connectivity index is 2.49. The van der Waals surface area contributed by atoms with Gasteiger partial charge in [0.15, 0.2) is 6.29 Å². The molecular weight excluding hydrogens is 316 g/mol. The van der Waals surface area contributed by atoms with Crippen LogP contribution < -0.4 is 4.90 Å². The van der Waals surface area contributed by atoms with Gasteiger partial charge >= 0.3 is 0 Å². The summed E-state index contributed by atoms with van der Waals surface area (Å²) >= 11 is 3.43. The van der Waals surface area contributed by atoms with Crippen molar-refractivity contribution in [3.05, 3.63) is 58.6 Å². The molecule has 0 aliphatic rings. The molecule has 0 spiro atoms. The third kappa shape index (κ3) is 3.25. The number of aldehydes is 1. The van der Waals surface area contributed by atoms with Crippen LogP contribution in [0, 0.1) is 11.3 Å². The van der Waals surface area contributed by atoms with Crippen molar-refractivity contribution < 1.29 is 4.79 Å². The number of rotatable bonds is 5. The second kappa shape index (κ2) is 6.88. The Bertz CT molecular complexity index is 635. The second-order valence-corrected chi connectivity index (χ2v) is 5.13. The average molecular weight is 329 g/mol. The fraction of sp³-hybridized carbons (Fsp3) is 0.125. The molecule has 0 unspecified atom stereocenters. The third-order valence-corrected chi connectivity index (χ3v) is 3.42. The fourth-order valence-electron chi connectivity index (χ4n) is 2.01. The van der Waals surface area contributed by atoms with Crippen molar-refractivity contribution >= 4 is 33.6 Å². The van der Waals surface area contributed by atoms with Crippen molar-refractivity contribution in [1.82, 2.24) is 0 Å². The van der Waals surface area contributed by atoms with E-state index >= 15 is 0 Å². The molecule has 20 heavy (non-hydrogen) atoms. The van der Waals surface area contributed by atoms with E-state index in [1.54, 1.807) is 6.07 Å². The highest BCUT2D eigenvalue weighted by Gasteiger charge is 2.13. The van der Waals surface area contributed by atoms with Gasteiger partial charge in [-0.2, -0.15) is 5.26 Å². The summed E-state index contributed by atoms with van der Waals surface area (Å²) in [5, 5.41) is 8.83. The van der Waals surface area contributed by atoms with Crippen LogP contribution in [0.15, 0.2) is 53.0 Å². The lowest BCUT2D eigenvalue weighted by Gasteiger charge is -2.25. The maximum absolute atomic E-state index is 11.2. The first kappa shape index (κ1) is 14.3. The zero-order chi connectivity index (χ0) is 14.4. The Kier molecular flexibility index (Phi) is 4.91. The summed E-state index contributed by atoms with van der Waals surface area (Å²) in [4.78, 5) is 13.2. The molecular formula is C16H13BrN2O. The van der Waals surface area contributed by atoms with Crippen LogP contribution in [0.3, 0.4) is 0 Å². The fourth-order valence-corrected chi connectivity index (χ4v) is 2.36. The molecule has 0 heterocycles. The first-order valence-electron chi connectivity index (χ1n) is 6.20. The highest BCUT2D eigenvalue weighted by atomic mass is 79.9. The number of hydrogen-bond donors (Lipinski definition) is 0. The largest absolute Gasteiger partial charge is 0.340 e. The van der Waals surface area contributed by atoms with E-state index < -0.39 is 0 Å². The van der Waals surface area contributed by atoms with Crippen molar-refractivity contribution in [1.29, 1.82) is 5.26 Å². The van der Waals surface area contributed by atoms with Gasteiger partial charge < -0.3 is 4.90 Å². The van der Waals surface area contributed by atoms with Crippen LogP contribution in [0.25, 0.3) is 0 Å². The van der Waals surface area contributed by atoms with Crippen LogP contribution in [0.5, 0.6) is 0 Å². The molecule has 2 aromatic carbocycles. The highest BCUT2D eigenvalue weighted by molar-refractivity contribution is 9.10. The Morgan fingerprint density at radius 1 is 1.20 bits per heavy atom. The normalized spacial score (nSPS) is 9.80. The molecule has 0 saturated heterocycles. The number of hydrogen-bond acceptors (Lipinski definition) is 3. The maximum atomic E-state index is 11.2. The zero-order valence-corrected chi connectivity index (χ0v) is 12.4. The number of halogens is 1. The number of anilines is 2. The van der Waals surface area contributed by atoms with Crippen LogP contribution >= 0.6 is 15.9 Å². The minimum atomic E-state index is 0.389. The summed E-state index contributed by atoms with van der Waals surface area (Å²) in [6, 6.07) is 17.4. The quantitative estimate of drug-likeness (QED) is 0.768. The molecule has 100 valence electrons. The first-order valence-corrected chi connectivity index (χ1v) is 7.00. The Labute approximate surface area is 126 Å². The predicted molar refractivity (Wildman–Crippen MR) is 83.2 cm³/mol. The van der Waals surface area contributed by atoms with E-state index in [0.29, 0.717) is 18.5 Å².